The molecule has 0 spiro atoms. The van der Waals surface area contributed by atoms with E-state index in [4.69, 9.17) is 26.2 Å². The number of ketones is 1. The quantitative estimate of drug-likeness (QED) is 0.586. The summed E-state index contributed by atoms with van der Waals surface area (Å²) in [6.45, 7) is -0.728. The molecule has 0 radical (unpaired) electrons. The SMILES string of the molecule is COc1ccc(F)cc1C(=O)COC(=O)c1cc(S(N)(=O)=O)ccc1Cl. The zero-order chi connectivity index (χ0) is 19.5. The van der Waals surface area contributed by atoms with Crippen molar-refractivity contribution < 1.29 is 31.9 Å². The number of methoxy groups -OCH3 is 1. The molecule has 0 aromatic heterocycles. The number of esters is 1. The summed E-state index contributed by atoms with van der Waals surface area (Å²) in [7, 11) is -2.76. The maximum absolute atomic E-state index is 13.3. The van der Waals surface area contributed by atoms with Gasteiger partial charge in [-0.05, 0) is 36.4 Å². The van der Waals surface area contributed by atoms with Crippen LogP contribution in [0, 0.1) is 5.82 Å². The minimum atomic E-state index is -4.06. The molecule has 26 heavy (non-hydrogen) atoms. The fraction of sp³-hybridized carbons (Fsp3) is 0.125. The second kappa shape index (κ2) is 7.81. The summed E-state index contributed by atoms with van der Waals surface area (Å²) < 4.78 is 45.8. The third-order valence-corrected chi connectivity index (χ3v) is 4.52. The smallest absolute Gasteiger partial charge is 0.340 e. The van der Waals surface area contributed by atoms with Gasteiger partial charge in [0.25, 0.3) is 0 Å². The summed E-state index contributed by atoms with van der Waals surface area (Å²) in [6.07, 6.45) is 0. The molecular formula is C16H13ClFNO6S. The topological polar surface area (TPSA) is 113 Å². The summed E-state index contributed by atoms with van der Waals surface area (Å²) in [5, 5.41) is 4.91. The van der Waals surface area contributed by atoms with E-state index in [0.717, 1.165) is 30.3 Å². The zero-order valence-corrected chi connectivity index (χ0v) is 14.9. The van der Waals surface area contributed by atoms with E-state index in [0.29, 0.717) is 0 Å². The van der Waals surface area contributed by atoms with Crippen molar-refractivity contribution in [3.05, 3.63) is 58.4 Å². The predicted molar refractivity (Wildman–Crippen MR) is 90.4 cm³/mol. The summed E-state index contributed by atoms with van der Waals surface area (Å²) in [4.78, 5) is 23.9. The molecule has 0 saturated heterocycles. The number of carbonyl (C=O) groups is 2. The van der Waals surface area contributed by atoms with Crippen LogP contribution in [0.2, 0.25) is 5.02 Å². The zero-order valence-electron chi connectivity index (χ0n) is 13.4. The van der Waals surface area contributed by atoms with Crippen LogP contribution in [0.15, 0.2) is 41.3 Å². The molecule has 0 aliphatic heterocycles. The minimum Gasteiger partial charge on any atom is -0.496 e. The van der Waals surface area contributed by atoms with Gasteiger partial charge in [0, 0.05) is 0 Å². The van der Waals surface area contributed by atoms with Crippen molar-refractivity contribution in [3.63, 3.8) is 0 Å². The Morgan fingerprint density at radius 3 is 2.46 bits per heavy atom. The van der Waals surface area contributed by atoms with Gasteiger partial charge < -0.3 is 9.47 Å². The van der Waals surface area contributed by atoms with Crippen molar-refractivity contribution in [2.45, 2.75) is 4.90 Å². The van der Waals surface area contributed by atoms with Gasteiger partial charge in [0.15, 0.2) is 6.61 Å². The number of hydrogen-bond donors (Lipinski definition) is 1. The van der Waals surface area contributed by atoms with Crippen LogP contribution in [0.1, 0.15) is 20.7 Å². The molecule has 0 bridgehead atoms. The molecule has 0 aliphatic rings. The Bertz CT molecular complexity index is 977. The van der Waals surface area contributed by atoms with E-state index >= 15 is 0 Å². The third-order valence-electron chi connectivity index (χ3n) is 3.28. The molecule has 7 nitrogen and oxygen atoms in total. The number of nitrogens with two attached hydrogens (primary N) is 1. The van der Waals surface area contributed by atoms with E-state index < -0.39 is 34.2 Å². The Hall–Kier alpha value is -2.49. The van der Waals surface area contributed by atoms with E-state index in [1.165, 1.54) is 13.2 Å². The van der Waals surface area contributed by atoms with Gasteiger partial charge in [-0.15, -0.1) is 0 Å². The molecule has 0 atom stereocenters. The van der Waals surface area contributed by atoms with Gasteiger partial charge in [-0.3, -0.25) is 4.79 Å². The van der Waals surface area contributed by atoms with Crippen LogP contribution in [-0.2, 0) is 14.8 Å². The van der Waals surface area contributed by atoms with Crippen molar-refractivity contribution in [1.82, 2.24) is 0 Å². The average Bonchev–Trinajstić information content (AvgIpc) is 2.58. The van der Waals surface area contributed by atoms with Crippen LogP contribution < -0.4 is 9.88 Å². The fourth-order valence-corrected chi connectivity index (χ4v) is 2.76. The number of sulfonamides is 1. The summed E-state index contributed by atoms with van der Waals surface area (Å²) >= 11 is 5.85. The van der Waals surface area contributed by atoms with Gasteiger partial charge in [0.05, 0.1) is 28.2 Å². The standard InChI is InChI=1S/C16H13ClFNO6S/c1-24-15-5-2-9(18)6-12(15)14(20)8-25-16(21)11-7-10(26(19,22)23)3-4-13(11)17/h2-7H,8H2,1H3,(H2,19,22,23). The Morgan fingerprint density at radius 1 is 1.15 bits per heavy atom. The normalized spacial score (nSPS) is 11.1. The lowest BCUT2D eigenvalue weighted by Crippen LogP contribution is -2.17. The van der Waals surface area contributed by atoms with Crippen molar-refractivity contribution in [1.29, 1.82) is 0 Å². The molecule has 0 heterocycles. The minimum absolute atomic E-state index is 0.0850. The highest BCUT2D eigenvalue weighted by atomic mass is 35.5. The maximum atomic E-state index is 13.3. The predicted octanol–water partition coefficient (Wildman–Crippen LogP) is 2.17. The van der Waals surface area contributed by atoms with E-state index in [9.17, 15) is 22.4 Å². The van der Waals surface area contributed by atoms with Gasteiger partial charge >= 0.3 is 5.97 Å². The van der Waals surface area contributed by atoms with Gasteiger partial charge in [-0.2, -0.15) is 0 Å². The Labute approximate surface area is 153 Å². The molecule has 2 N–H and O–H groups in total. The van der Waals surface area contributed by atoms with Gasteiger partial charge in [-0.25, -0.2) is 22.7 Å². The van der Waals surface area contributed by atoms with Crippen LogP contribution in [0.3, 0.4) is 0 Å². The van der Waals surface area contributed by atoms with Crippen LogP contribution in [-0.4, -0.2) is 33.9 Å². The number of carbonyl (C=O) groups excluding carboxylic acids is 2. The fourth-order valence-electron chi connectivity index (χ4n) is 2.02. The summed E-state index contributed by atoms with van der Waals surface area (Å²) in [5.74, 6) is -2.30. The largest absolute Gasteiger partial charge is 0.496 e. The highest BCUT2D eigenvalue weighted by Crippen LogP contribution is 2.22. The molecule has 0 amide bonds. The van der Waals surface area contributed by atoms with Crippen LogP contribution in [0.4, 0.5) is 4.39 Å². The number of halogens is 2. The summed E-state index contributed by atoms with van der Waals surface area (Å²) in [5.41, 5.74) is -0.387. The molecule has 0 aliphatic carbocycles. The first-order valence-corrected chi connectivity index (χ1v) is 8.92. The summed E-state index contributed by atoms with van der Waals surface area (Å²) in [6, 6.07) is 6.54. The van der Waals surface area contributed by atoms with Crippen LogP contribution >= 0.6 is 11.6 Å². The molecular weight excluding hydrogens is 389 g/mol. The number of rotatable bonds is 6. The van der Waals surface area contributed by atoms with Gasteiger partial charge in [-0.1, -0.05) is 11.6 Å². The van der Waals surface area contributed by atoms with E-state index in [1.54, 1.807) is 0 Å². The molecule has 0 saturated carbocycles. The lowest BCUT2D eigenvalue weighted by Gasteiger charge is -2.09. The molecule has 0 fully saturated rings. The van der Waals surface area contributed by atoms with Crippen molar-refractivity contribution in [2.75, 3.05) is 13.7 Å². The maximum Gasteiger partial charge on any atom is 0.340 e. The molecule has 2 rings (SSSR count). The number of ether oxygens (including phenoxy) is 2. The molecule has 2 aromatic rings. The number of Topliss-reactive ketones (excluding diaryl/α,β-unsaturated/α-hetero) is 1. The van der Waals surface area contributed by atoms with Crippen molar-refractivity contribution in [2.24, 2.45) is 5.14 Å². The van der Waals surface area contributed by atoms with Gasteiger partial charge in [0.1, 0.15) is 11.6 Å². The monoisotopic (exact) mass is 401 g/mol. The average molecular weight is 402 g/mol. The van der Waals surface area contributed by atoms with Crippen LogP contribution in [0.5, 0.6) is 5.75 Å². The lowest BCUT2D eigenvalue weighted by atomic mass is 10.1. The second-order valence-electron chi connectivity index (χ2n) is 5.03. The number of primary sulfonamides is 1. The second-order valence-corrected chi connectivity index (χ2v) is 7.00. The van der Waals surface area contributed by atoms with Crippen molar-refractivity contribution >= 4 is 33.4 Å². The molecule has 2 aromatic carbocycles. The third kappa shape index (κ3) is 4.57. The van der Waals surface area contributed by atoms with E-state index in [1.807, 2.05) is 0 Å². The highest BCUT2D eigenvalue weighted by molar-refractivity contribution is 7.89. The number of benzene rings is 2. The van der Waals surface area contributed by atoms with E-state index in [2.05, 4.69) is 0 Å². The van der Waals surface area contributed by atoms with E-state index in [-0.39, 0.29) is 26.8 Å². The Balaban J connectivity index is 2.19. The molecule has 10 heteroatoms. The first-order valence-electron chi connectivity index (χ1n) is 6.99. The molecule has 0 unspecified atom stereocenters. The molecule has 138 valence electrons. The number of hydrogen-bond acceptors (Lipinski definition) is 6. The first-order chi connectivity index (χ1) is 12.1. The lowest BCUT2D eigenvalue weighted by molar-refractivity contribution is 0.0473. The van der Waals surface area contributed by atoms with Crippen LogP contribution in [0.25, 0.3) is 0 Å². The van der Waals surface area contributed by atoms with Gasteiger partial charge in [0.2, 0.25) is 15.8 Å². The Kier molecular flexibility index (Phi) is 5.96. The first kappa shape index (κ1) is 19.8. The van der Waals surface area contributed by atoms with Crippen molar-refractivity contribution in [3.8, 4) is 5.75 Å². The highest BCUT2D eigenvalue weighted by Gasteiger charge is 2.20. The Morgan fingerprint density at radius 2 is 1.85 bits per heavy atom.